The molecule has 3 fully saturated rings. The number of carbonyl (C=O) groups is 2. The molecule has 0 aromatic rings. The van der Waals surface area contributed by atoms with Crippen molar-refractivity contribution in [3.05, 3.63) is 0 Å². The molecule has 7 nitrogen and oxygen atoms in total. The van der Waals surface area contributed by atoms with Crippen molar-refractivity contribution in [1.82, 2.24) is 20.0 Å². The van der Waals surface area contributed by atoms with Crippen LogP contribution in [-0.2, 0) is 14.3 Å². The Hall–Kier alpha value is -0.600. The Labute approximate surface area is 174 Å². The van der Waals surface area contributed by atoms with Gasteiger partial charge in [-0.25, -0.2) is 0 Å². The van der Waals surface area contributed by atoms with Crippen molar-refractivity contribution in [2.45, 2.75) is 32.2 Å². The number of ether oxygens (including phenoxy) is 1. The van der Waals surface area contributed by atoms with Crippen molar-refractivity contribution < 1.29 is 14.3 Å². The summed E-state index contributed by atoms with van der Waals surface area (Å²) in [6, 6.07) is -0.111. The van der Waals surface area contributed by atoms with Gasteiger partial charge in [0.1, 0.15) is 0 Å². The molecule has 1 N–H and O–H groups in total. The molecule has 0 spiro atoms. The van der Waals surface area contributed by atoms with Gasteiger partial charge in [0.15, 0.2) is 0 Å². The molecule has 158 valence electrons. The lowest BCUT2D eigenvalue weighted by Crippen LogP contribution is -2.56. The molecular weight excluding hydrogens is 391 g/mol. The lowest BCUT2D eigenvalue weighted by atomic mass is 10.0. The summed E-state index contributed by atoms with van der Waals surface area (Å²) in [7, 11) is 0. The Morgan fingerprint density at radius 1 is 1.04 bits per heavy atom. The summed E-state index contributed by atoms with van der Waals surface area (Å²) in [5, 5.41) is 3.36. The summed E-state index contributed by atoms with van der Waals surface area (Å²) < 4.78 is 5.32. The zero-order valence-electron chi connectivity index (χ0n) is 16.2. The van der Waals surface area contributed by atoms with Crippen molar-refractivity contribution >= 4 is 36.6 Å². The van der Waals surface area contributed by atoms with E-state index in [0.29, 0.717) is 38.6 Å². The Bertz CT molecular complexity index is 464. The van der Waals surface area contributed by atoms with E-state index < -0.39 is 0 Å². The van der Waals surface area contributed by atoms with Crippen LogP contribution in [0.25, 0.3) is 0 Å². The predicted octanol–water partition coefficient (Wildman–Crippen LogP) is 0.611. The number of nitrogens with zero attached hydrogens (tertiary/aromatic N) is 3. The molecule has 0 aromatic carbocycles. The van der Waals surface area contributed by atoms with Gasteiger partial charge in [-0.1, -0.05) is 0 Å². The second-order valence-electron chi connectivity index (χ2n) is 7.43. The van der Waals surface area contributed by atoms with Crippen LogP contribution < -0.4 is 5.32 Å². The molecule has 3 aliphatic heterocycles. The Balaban J connectivity index is 0.00000182. The highest BCUT2D eigenvalue weighted by Crippen LogP contribution is 2.16. The van der Waals surface area contributed by atoms with Gasteiger partial charge in [-0.2, -0.15) is 0 Å². The van der Waals surface area contributed by atoms with E-state index in [1.165, 1.54) is 6.42 Å². The van der Waals surface area contributed by atoms with Gasteiger partial charge in [0.2, 0.25) is 11.8 Å². The van der Waals surface area contributed by atoms with Crippen LogP contribution in [-0.4, -0.2) is 98.1 Å². The van der Waals surface area contributed by atoms with Gasteiger partial charge in [-0.05, 0) is 38.8 Å². The summed E-state index contributed by atoms with van der Waals surface area (Å²) in [6.45, 7) is 9.84. The summed E-state index contributed by atoms with van der Waals surface area (Å²) >= 11 is 0. The van der Waals surface area contributed by atoms with E-state index >= 15 is 0 Å². The average molecular weight is 425 g/mol. The molecule has 27 heavy (non-hydrogen) atoms. The molecule has 0 bridgehead atoms. The van der Waals surface area contributed by atoms with Gasteiger partial charge in [-0.15, -0.1) is 24.8 Å². The normalized spacial score (nSPS) is 24.7. The van der Waals surface area contributed by atoms with E-state index in [9.17, 15) is 9.59 Å². The Morgan fingerprint density at radius 3 is 2.30 bits per heavy atom. The maximum atomic E-state index is 12.6. The summed E-state index contributed by atoms with van der Waals surface area (Å²) in [4.78, 5) is 31.1. The van der Waals surface area contributed by atoms with Crippen LogP contribution in [0.3, 0.4) is 0 Å². The van der Waals surface area contributed by atoms with Crippen LogP contribution >= 0.6 is 24.8 Å². The fourth-order valence-electron chi connectivity index (χ4n) is 4.01. The number of hydrogen-bond donors (Lipinski definition) is 1. The first-order chi connectivity index (χ1) is 12.1. The van der Waals surface area contributed by atoms with Crippen molar-refractivity contribution in [2.75, 3.05) is 65.6 Å². The monoisotopic (exact) mass is 424 g/mol. The minimum absolute atomic E-state index is 0. The zero-order valence-corrected chi connectivity index (χ0v) is 17.9. The third-order valence-corrected chi connectivity index (χ3v) is 5.82. The first-order valence-electron chi connectivity index (χ1n) is 9.74. The van der Waals surface area contributed by atoms with Crippen LogP contribution in [0.2, 0.25) is 0 Å². The third-order valence-electron chi connectivity index (χ3n) is 5.82. The number of carbonyl (C=O) groups excluding carboxylic acids is 2. The number of nitrogens with one attached hydrogen (secondary N) is 1. The van der Waals surface area contributed by atoms with Gasteiger partial charge in [0, 0.05) is 45.7 Å². The number of halogens is 2. The molecular formula is C18H34Cl2N4O3. The summed E-state index contributed by atoms with van der Waals surface area (Å²) in [5.74, 6) is 1.13. The number of rotatable bonds is 5. The lowest BCUT2D eigenvalue weighted by Gasteiger charge is -2.39. The number of amides is 2. The second-order valence-corrected chi connectivity index (χ2v) is 7.43. The van der Waals surface area contributed by atoms with Crippen molar-refractivity contribution in [3.63, 3.8) is 0 Å². The molecule has 0 saturated carbocycles. The molecule has 2 atom stereocenters. The predicted molar refractivity (Wildman–Crippen MR) is 110 cm³/mol. The van der Waals surface area contributed by atoms with E-state index in [-0.39, 0.29) is 42.7 Å². The fraction of sp³-hybridized carbons (Fsp3) is 0.889. The smallest absolute Gasteiger partial charge is 0.239 e. The Morgan fingerprint density at radius 2 is 1.70 bits per heavy atom. The molecule has 0 radical (unpaired) electrons. The molecule has 2 unspecified atom stereocenters. The largest absolute Gasteiger partial charge is 0.378 e. The van der Waals surface area contributed by atoms with Crippen LogP contribution in [0.4, 0.5) is 0 Å². The number of morpholine rings is 1. The minimum Gasteiger partial charge on any atom is -0.378 e. The van der Waals surface area contributed by atoms with Crippen LogP contribution in [0.15, 0.2) is 0 Å². The van der Waals surface area contributed by atoms with E-state index in [1.807, 2.05) is 16.7 Å². The van der Waals surface area contributed by atoms with Crippen LogP contribution in [0.5, 0.6) is 0 Å². The molecule has 3 saturated heterocycles. The van der Waals surface area contributed by atoms with Gasteiger partial charge in [-0.3, -0.25) is 14.5 Å². The first-order valence-corrected chi connectivity index (χ1v) is 9.74. The SMILES string of the molecule is CC(C(=O)N1CCOCC1)N1CCN(C(=O)CCC2CCNC2)CC1.Cl.Cl. The number of piperazine rings is 1. The minimum atomic E-state index is -0.111. The highest BCUT2D eigenvalue weighted by Gasteiger charge is 2.30. The molecule has 9 heteroatoms. The van der Waals surface area contributed by atoms with Gasteiger partial charge in [0.05, 0.1) is 19.3 Å². The molecule has 3 aliphatic rings. The summed E-state index contributed by atoms with van der Waals surface area (Å²) in [5.41, 5.74) is 0. The van der Waals surface area contributed by atoms with E-state index in [4.69, 9.17) is 4.74 Å². The van der Waals surface area contributed by atoms with E-state index in [1.54, 1.807) is 0 Å². The molecule has 2 amide bonds. The average Bonchev–Trinajstić information content (AvgIpc) is 3.19. The highest BCUT2D eigenvalue weighted by molar-refractivity contribution is 5.85. The first kappa shape index (κ1) is 24.4. The maximum absolute atomic E-state index is 12.6. The highest BCUT2D eigenvalue weighted by atomic mass is 35.5. The topological polar surface area (TPSA) is 65.1 Å². The molecule has 0 aliphatic carbocycles. The van der Waals surface area contributed by atoms with Gasteiger partial charge in [0.25, 0.3) is 0 Å². The number of hydrogen-bond acceptors (Lipinski definition) is 5. The van der Waals surface area contributed by atoms with Gasteiger partial charge >= 0.3 is 0 Å². The van der Waals surface area contributed by atoms with Crippen molar-refractivity contribution in [2.24, 2.45) is 5.92 Å². The van der Waals surface area contributed by atoms with Gasteiger partial charge < -0.3 is 19.9 Å². The lowest BCUT2D eigenvalue weighted by molar-refractivity contribution is -0.142. The van der Waals surface area contributed by atoms with E-state index in [0.717, 1.165) is 45.7 Å². The van der Waals surface area contributed by atoms with Crippen LogP contribution in [0, 0.1) is 5.92 Å². The summed E-state index contributed by atoms with van der Waals surface area (Å²) in [6.07, 6.45) is 2.86. The third kappa shape index (κ3) is 6.75. The van der Waals surface area contributed by atoms with E-state index in [2.05, 4.69) is 10.2 Å². The zero-order chi connectivity index (χ0) is 17.6. The second kappa shape index (κ2) is 12.1. The molecule has 0 aromatic heterocycles. The molecule has 3 heterocycles. The van der Waals surface area contributed by atoms with Crippen molar-refractivity contribution in [1.29, 1.82) is 0 Å². The van der Waals surface area contributed by atoms with Crippen LogP contribution in [0.1, 0.15) is 26.2 Å². The fourth-order valence-corrected chi connectivity index (χ4v) is 4.01. The quantitative estimate of drug-likeness (QED) is 0.700. The molecule has 3 rings (SSSR count). The maximum Gasteiger partial charge on any atom is 0.239 e. The standard InChI is InChI=1S/C18H32N4O3.2ClH/c1-15(18(24)22-10-12-25-13-11-22)20-6-8-21(9-7-20)17(23)3-2-16-4-5-19-14-16;;/h15-16,19H,2-14H2,1H3;2*1H. The van der Waals surface area contributed by atoms with Crippen molar-refractivity contribution in [3.8, 4) is 0 Å². The Kier molecular flexibility index (Phi) is 10.9.